The molecule has 2 aromatic carbocycles. The average molecular weight is 449 g/mol. The number of carbonyl (C=O) groups excluding carboxylic acids is 1. The van der Waals surface area contributed by atoms with E-state index in [1.54, 1.807) is 6.07 Å². The fourth-order valence-electron chi connectivity index (χ4n) is 2.78. The van der Waals surface area contributed by atoms with Crippen molar-refractivity contribution in [3.63, 3.8) is 0 Å². The predicted molar refractivity (Wildman–Crippen MR) is 109 cm³/mol. The Morgan fingerprint density at radius 1 is 1.13 bits per heavy atom. The number of amides is 2. The Balaban J connectivity index is 1.56. The first-order valence-electron chi connectivity index (χ1n) is 8.60. The van der Waals surface area contributed by atoms with Gasteiger partial charge in [-0.25, -0.2) is 22.6 Å². The lowest BCUT2D eigenvalue weighted by Gasteiger charge is -2.20. The molecule has 0 saturated carbocycles. The third-order valence-corrected chi connectivity index (χ3v) is 5.79. The lowest BCUT2D eigenvalue weighted by molar-refractivity contribution is 0.250. The Morgan fingerprint density at radius 3 is 2.73 bits per heavy atom. The van der Waals surface area contributed by atoms with Crippen molar-refractivity contribution in [1.82, 2.24) is 10.3 Å². The van der Waals surface area contributed by atoms with E-state index in [9.17, 15) is 17.6 Å². The molecule has 30 heavy (non-hydrogen) atoms. The molecule has 0 radical (unpaired) electrons. The molecular weight excluding hydrogens is 435 g/mol. The summed E-state index contributed by atoms with van der Waals surface area (Å²) in [6.07, 6.45) is 1.42. The Kier molecular flexibility index (Phi) is 5.18. The van der Waals surface area contributed by atoms with Gasteiger partial charge >= 0.3 is 6.03 Å². The van der Waals surface area contributed by atoms with Crippen LogP contribution in [-0.4, -0.2) is 19.4 Å². The van der Waals surface area contributed by atoms with Crippen LogP contribution in [0.15, 0.2) is 59.6 Å². The van der Waals surface area contributed by atoms with Gasteiger partial charge in [-0.2, -0.15) is 0 Å². The van der Waals surface area contributed by atoms with E-state index >= 15 is 0 Å². The van der Waals surface area contributed by atoms with Crippen molar-refractivity contribution in [2.75, 3.05) is 10.0 Å². The summed E-state index contributed by atoms with van der Waals surface area (Å²) in [6.45, 7) is 0.170. The van der Waals surface area contributed by atoms with Crippen molar-refractivity contribution >= 4 is 39.2 Å². The van der Waals surface area contributed by atoms with Crippen LogP contribution in [0, 0.1) is 5.82 Å². The molecule has 1 aromatic heterocycles. The third-order valence-electron chi connectivity index (χ3n) is 4.18. The van der Waals surface area contributed by atoms with Gasteiger partial charge in [0.2, 0.25) is 0 Å². The molecule has 0 unspecified atom stereocenters. The quantitative estimate of drug-likeness (QED) is 0.544. The highest BCUT2D eigenvalue weighted by Gasteiger charge is 2.21. The molecule has 8 nitrogen and oxygen atoms in total. The van der Waals surface area contributed by atoms with Gasteiger partial charge in [0.25, 0.3) is 10.0 Å². The molecule has 3 N–H and O–H groups in total. The predicted octanol–water partition coefficient (Wildman–Crippen LogP) is 4.10. The van der Waals surface area contributed by atoms with Crippen LogP contribution in [0.4, 0.5) is 20.7 Å². The number of anilines is 2. The van der Waals surface area contributed by atoms with Crippen molar-refractivity contribution in [3.05, 3.63) is 71.1 Å². The molecule has 4 rings (SSSR count). The summed E-state index contributed by atoms with van der Waals surface area (Å²) >= 11 is 5.83. The minimum absolute atomic E-state index is 0.0190. The number of hydrogen-bond donors (Lipinski definition) is 3. The van der Waals surface area contributed by atoms with Crippen molar-refractivity contribution < 1.29 is 22.3 Å². The monoisotopic (exact) mass is 448 g/mol. The van der Waals surface area contributed by atoms with Gasteiger partial charge in [-0.05, 0) is 36.4 Å². The van der Waals surface area contributed by atoms with E-state index in [4.69, 9.17) is 16.3 Å². The molecule has 154 valence electrons. The van der Waals surface area contributed by atoms with E-state index in [1.165, 1.54) is 42.6 Å². The fraction of sp³-hybridized carbons (Fsp3) is 0.0526. The minimum atomic E-state index is -3.94. The molecule has 0 fully saturated rings. The van der Waals surface area contributed by atoms with Crippen LogP contribution in [0.5, 0.6) is 11.5 Å². The van der Waals surface area contributed by atoms with Crippen molar-refractivity contribution in [1.29, 1.82) is 0 Å². The first kappa shape index (κ1) is 19.9. The number of aromatic nitrogens is 1. The molecule has 1 aliphatic rings. The maximum absolute atomic E-state index is 14.6. The molecular formula is C19H14ClFN4O4S. The molecule has 11 heteroatoms. The maximum atomic E-state index is 14.6. The number of carbonyl (C=O) groups is 1. The number of fused-ring (bicyclic) bond motifs is 1. The fourth-order valence-corrected chi connectivity index (χ4v) is 4.13. The van der Waals surface area contributed by atoms with Gasteiger partial charge in [0.15, 0.2) is 11.6 Å². The van der Waals surface area contributed by atoms with Gasteiger partial charge in [-0.3, -0.25) is 10.0 Å². The molecule has 0 atom stereocenters. The summed E-state index contributed by atoms with van der Waals surface area (Å²) in [6, 6.07) is 10.5. The van der Waals surface area contributed by atoms with E-state index in [-0.39, 0.29) is 27.9 Å². The number of benzene rings is 2. The van der Waals surface area contributed by atoms with E-state index < -0.39 is 21.9 Å². The summed E-state index contributed by atoms with van der Waals surface area (Å²) in [5.41, 5.74) is 0.577. The van der Waals surface area contributed by atoms with Gasteiger partial charge in [-0.15, -0.1) is 0 Å². The van der Waals surface area contributed by atoms with Gasteiger partial charge in [0.05, 0.1) is 22.7 Å². The number of pyridine rings is 1. The SMILES string of the molecule is O=C1NCc2c(Oc3ccc(NS(=O)(=O)c4cccc(Cl)c4)cc3F)ccnc2N1. The maximum Gasteiger partial charge on any atom is 0.320 e. The highest BCUT2D eigenvalue weighted by Crippen LogP contribution is 2.33. The van der Waals surface area contributed by atoms with Gasteiger partial charge in [0.1, 0.15) is 11.6 Å². The van der Waals surface area contributed by atoms with Crippen LogP contribution in [0.3, 0.4) is 0 Å². The second-order valence-electron chi connectivity index (χ2n) is 6.25. The summed E-state index contributed by atoms with van der Waals surface area (Å²) in [7, 11) is -3.94. The number of urea groups is 1. The zero-order valence-corrected chi connectivity index (χ0v) is 16.7. The normalized spacial score (nSPS) is 13.1. The van der Waals surface area contributed by atoms with E-state index in [0.29, 0.717) is 17.1 Å². The summed E-state index contributed by atoms with van der Waals surface area (Å²) in [5.74, 6) is -0.271. The Morgan fingerprint density at radius 2 is 1.97 bits per heavy atom. The van der Waals surface area contributed by atoms with Crippen LogP contribution >= 0.6 is 11.6 Å². The number of halogens is 2. The number of hydrogen-bond acceptors (Lipinski definition) is 5. The second-order valence-corrected chi connectivity index (χ2v) is 8.37. The minimum Gasteiger partial charge on any atom is -0.454 e. The topological polar surface area (TPSA) is 109 Å². The lowest BCUT2D eigenvalue weighted by Crippen LogP contribution is -2.34. The highest BCUT2D eigenvalue weighted by molar-refractivity contribution is 7.92. The van der Waals surface area contributed by atoms with Crippen molar-refractivity contribution in [3.8, 4) is 11.5 Å². The largest absolute Gasteiger partial charge is 0.454 e. The van der Waals surface area contributed by atoms with Gasteiger partial charge in [0, 0.05) is 17.3 Å². The smallest absolute Gasteiger partial charge is 0.320 e. The van der Waals surface area contributed by atoms with Crippen LogP contribution in [0.25, 0.3) is 0 Å². The molecule has 0 spiro atoms. The summed E-state index contributed by atoms with van der Waals surface area (Å²) < 4.78 is 47.4. The number of nitrogens with zero attached hydrogens (tertiary/aromatic N) is 1. The number of sulfonamides is 1. The van der Waals surface area contributed by atoms with Crippen LogP contribution < -0.4 is 20.1 Å². The van der Waals surface area contributed by atoms with Crippen molar-refractivity contribution in [2.45, 2.75) is 11.4 Å². The molecule has 0 bridgehead atoms. The van der Waals surface area contributed by atoms with Crippen LogP contribution in [0.2, 0.25) is 5.02 Å². The second kappa shape index (κ2) is 7.81. The molecule has 3 aromatic rings. The molecule has 0 aliphatic carbocycles. The standard InChI is InChI=1S/C19H14ClFN4O4S/c20-11-2-1-3-13(8-11)30(27,28)25-12-4-5-17(15(21)9-12)29-16-6-7-22-18-14(16)10-23-19(26)24-18/h1-9,25H,10H2,(H2,22,23,24,26). The Labute approximate surface area is 176 Å². The van der Waals surface area contributed by atoms with Crippen LogP contribution in [-0.2, 0) is 16.6 Å². The number of nitrogens with one attached hydrogen (secondary N) is 3. The molecule has 2 amide bonds. The first-order chi connectivity index (χ1) is 14.3. The molecule has 2 heterocycles. The van der Waals surface area contributed by atoms with Gasteiger partial charge in [-0.1, -0.05) is 17.7 Å². The average Bonchev–Trinajstić information content (AvgIpc) is 2.69. The van der Waals surface area contributed by atoms with Gasteiger partial charge < -0.3 is 10.1 Å². The zero-order valence-electron chi connectivity index (χ0n) is 15.1. The van der Waals surface area contributed by atoms with E-state index in [1.807, 2.05) is 0 Å². The number of ether oxygens (including phenoxy) is 1. The Bertz CT molecular complexity index is 1250. The number of rotatable bonds is 5. The van der Waals surface area contributed by atoms with Crippen LogP contribution in [0.1, 0.15) is 5.56 Å². The Hall–Kier alpha value is -3.37. The van der Waals surface area contributed by atoms with E-state index in [2.05, 4.69) is 20.3 Å². The summed E-state index contributed by atoms with van der Waals surface area (Å²) in [5, 5.41) is 5.38. The third kappa shape index (κ3) is 4.14. The molecule has 1 aliphatic heterocycles. The zero-order chi connectivity index (χ0) is 21.3. The van der Waals surface area contributed by atoms with Crippen molar-refractivity contribution in [2.24, 2.45) is 0 Å². The lowest BCUT2D eigenvalue weighted by atomic mass is 10.2. The highest BCUT2D eigenvalue weighted by atomic mass is 35.5. The van der Waals surface area contributed by atoms with E-state index in [0.717, 1.165) is 6.07 Å². The molecule has 0 saturated heterocycles. The first-order valence-corrected chi connectivity index (χ1v) is 10.5. The summed E-state index contributed by atoms with van der Waals surface area (Å²) in [4.78, 5) is 15.4.